The molecule has 3 heterocycles. The molecule has 2 atom stereocenters. The number of carbonyl (C=O) groups is 1. The zero-order valence-corrected chi connectivity index (χ0v) is 24.5. The van der Waals surface area contributed by atoms with Crippen LogP contribution in [0.3, 0.4) is 0 Å². The van der Waals surface area contributed by atoms with Crippen molar-refractivity contribution in [3.8, 4) is 0 Å². The fourth-order valence-electron chi connectivity index (χ4n) is 4.99. The van der Waals surface area contributed by atoms with Crippen LogP contribution in [-0.4, -0.2) is 53.3 Å². The minimum atomic E-state index is -2.88. The Morgan fingerprint density at radius 3 is 2.67 bits per heavy atom. The van der Waals surface area contributed by atoms with Gasteiger partial charge in [0.15, 0.2) is 0 Å². The minimum absolute atomic E-state index is 0.00183. The average Bonchev–Trinajstić information content (AvgIpc) is 3.52. The molecule has 14 heteroatoms. The highest BCUT2D eigenvalue weighted by Crippen LogP contribution is 2.40. The molecule has 8 nitrogen and oxygen atoms in total. The van der Waals surface area contributed by atoms with E-state index in [1.807, 2.05) is 0 Å². The van der Waals surface area contributed by atoms with Crippen LogP contribution >= 0.6 is 37.0 Å². The third kappa shape index (κ3) is 9.12. The van der Waals surface area contributed by atoms with Gasteiger partial charge >= 0.3 is 0 Å². The smallest absolute Gasteiger partial charge is 0.266 e. The first-order valence-electron chi connectivity index (χ1n) is 12.4. The predicted molar refractivity (Wildman–Crippen MR) is 154 cm³/mol. The van der Waals surface area contributed by atoms with E-state index in [0.717, 1.165) is 49.5 Å². The molecule has 2 aromatic rings. The highest BCUT2D eigenvalue weighted by Gasteiger charge is 2.38. The van der Waals surface area contributed by atoms with Crippen molar-refractivity contribution < 1.29 is 22.7 Å². The summed E-state index contributed by atoms with van der Waals surface area (Å²) in [7, 11) is 0. The van der Waals surface area contributed by atoms with E-state index >= 15 is 0 Å². The monoisotopic (exact) mass is 608 g/mol. The molecule has 1 fully saturated rings. The summed E-state index contributed by atoms with van der Waals surface area (Å²) in [5.41, 5.74) is 1.17. The quantitative estimate of drug-likeness (QED) is 0.108. The normalized spacial score (nSPS) is 20.0. The number of hydrogen-bond donors (Lipinski definition) is 5. The number of rotatable bonds is 11. The number of halogens is 4. The van der Waals surface area contributed by atoms with Crippen molar-refractivity contribution in [2.75, 3.05) is 31.3 Å². The van der Waals surface area contributed by atoms with Gasteiger partial charge in [0.25, 0.3) is 6.43 Å². The number of nitrogens with two attached hydrogens (primary N) is 1. The molecule has 4 N–H and O–H groups in total. The average molecular weight is 609 g/mol. The number of ether oxygens (including phenoxy) is 1. The molecule has 4 rings (SSSR count). The number of hydrogen-bond acceptors (Lipinski definition) is 9. The lowest BCUT2D eigenvalue weighted by molar-refractivity contribution is -0.109. The molecule has 1 aromatic carbocycles. The first kappa shape index (κ1) is 33.4. The second kappa shape index (κ2) is 16.5. The lowest BCUT2D eigenvalue weighted by atomic mass is 9.79. The topological polar surface area (TPSA) is 105 Å². The molecule has 0 aliphatic carbocycles. The highest BCUT2D eigenvalue weighted by atomic mass is 35.5. The third-order valence-corrected chi connectivity index (χ3v) is 7.02. The maximum Gasteiger partial charge on any atom is 0.266 e. The Bertz CT molecular complexity index is 1070. The molecule has 1 saturated heterocycles. The van der Waals surface area contributed by atoms with Gasteiger partial charge in [-0.05, 0) is 56.0 Å². The lowest BCUT2D eigenvalue weighted by Crippen LogP contribution is -2.31. The van der Waals surface area contributed by atoms with E-state index in [0.29, 0.717) is 32.1 Å². The van der Waals surface area contributed by atoms with Gasteiger partial charge in [0.1, 0.15) is 11.6 Å². The molecule has 0 radical (unpaired) electrons. The molecule has 2 aliphatic heterocycles. The van der Waals surface area contributed by atoms with E-state index in [1.54, 1.807) is 6.26 Å². The standard InChI is InChI=1S/C24H29ClF3N5O2.CH4S.H3NS/c1-15-9-24(13-35-15,5-7-29-14-34)6-8-33-11-18-19(12-33)31-23(25)32-22(18)30-10-16-3-2-4-17(20(16)26)21(27)28;2*1-2/h2-4,14-15,21H,5-13H2,1H3,(H,29,34)(H,30,31,32);2H,1H3;2H,1H2. The van der Waals surface area contributed by atoms with Crippen LogP contribution in [0.4, 0.5) is 19.0 Å². The largest absolute Gasteiger partial charge is 0.378 e. The van der Waals surface area contributed by atoms with Gasteiger partial charge in [-0.25, -0.2) is 23.1 Å². The summed E-state index contributed by atoms with van der Waals surface area (Å²) in [6, 6.07) is 3.96. The zero-order chi connectivity index (χ0) is 29.0. The molecule has 218 valence electrons. The summed E-state index contributed by atoms with van der Waals surface area (Å²) < 4.78 is 46.4. The molecule has 0 spiro atoms. The number of fused-ring (bicyclic) bond motifs is 1. The molecule has 1 aromatic heterocycles. The molecule has 1 amide bonds. The van der Waals surface area contributed by atoms with Crippen molar-refractivity contribution in [2.24, 2.45) is 10.6 Å². The Morgan fingerprint density at radius 2 is 2.03 bits per heavy atom. The van der Waals surface area contributed by atoms with Crippen LogP contribution in [-0.2, 0) is 29.2 Å². The maximum absolute atomic E-state index is 14.4. The summed E-state index contributed by atoms with van der Waals surface area (Å²) in [5.74, 6) is -0.442. The van der Waals surface area contributed by atoms with Crippen LogP contribution in [0.2, 0.25) is 5.28 Å². The number of amides is 1. The van der Waals surface area contributed by atoms with Crippen LogP contribution in [0.1, 0.15) is 55.0 Å². The van der Waals surface area contributed by atoms with Gasteiger partial charge in [0, 0.05) is 37.3 Å². The fourth-order valence-corrected chi connectivity index (χ4v) is 5.17. The summed E-state index contributed by atoms with van der Waals surface area (Å²) in [5, 5.41) is 10.1. The van der Waals surface area contributed by atoms with Crippen LogP contribution in [0.15, 0.2) is 18.2 Å². The molecule has 2 aliphatic rings. The summed E-state index contributed by atoms with van der Waals surface area (Å²) in [4.78, 5) is 21.6. The Labute approximate surface area is 243 Å². The zero-order valence-electron chi connectivity index (χ0n) is 22.0. The number of thiol groups is 2. The SMILES string of the molecule is CC1CC(CCNC=O)(CCN2Cc3nc(Cl)nc(NCc4cccc(C(F)F)c4F)c3C2)CO1.CS.NS. The van der Waals surface area contributed by atoms with E-state index < -0.39 is 17.8 Å². The maximum atomic E-state index is 14.4. The lowest BCUT2D eigenvalue weighted by Gasteiger charge is -2.29. The van der Waals surface area contributed by atoms with Crippen molar-refractivity contribution in [2.45, 2.75) is 58.3 Å². The van der Waals surface area contributed by atoms with E-state index in [-0.39, 0.29) is 28.9 Å². The Kier molecular flexibility index (Phi) is 14.1. The number of nitrogens with zero attached hydrogens (tertiary/aromatic N) is 3. The van der Waals surface area contributed by atoms with Crippen molar-refractivity contribution >= 4 is 49.3 Å². The fraction of sp³-hybridized carbons (Fsp3) is 0.560. The van der Waals surface area contributed by atoms with E-state index in [4.69, 9.17) is 16.3 Å². The van der Waals surface area contributed by atoms with Gasteiger partial charge in [-0.15, -0.1) is 12.8 Å². The number of alkyl halides is 2. The van der Waals surface area contributed by atoms with Crippen LogP contribution < -0.4 is 15.8 Å². The number of nitrogens with one attached hydrogen (secondary N) is 2. The van der Waals surface area contributed by atoms with E-state index in [2.05, 4.69) is 63.0 Å². The number of carbonyl (C=O) groups excluding carboxylic acids is 1. The molecule has 0 saturated carbocycles. The van der Waals surface area contributed by atoms with E-state index in [1.165, 1.54) is 12.1 Å². The van der Waals surface area contributed by atoms with Gasteiger partial charge in [0.05, 0.1) is 24.0 Å². The van der Waals surface area contributed by atoms with Crippen LogP contribution in [0, 0.1) is 11.2 Å². The number of anilines is 1. The Hall–Kier alpha value is -1.77. The molecular formula is C25H36ClF3N6O2S2. The predicted octanol–water partition coefficient (Wildman–Crippen LogP) is 4.79. The second-order valence-corrected chi connectivity index (χ2v) is 9.69. The molecular weight excluding hydrogens is 573 g/mol. The van der Waals surface area contributed by atoms with Gasteiger partial charge in [-0.2, -0.15) is 12.6 Å². The number of benzene rings is 1. The first-order chi connectivity index (χ1) is 18.8. The van der Waals surface area contributed by atoms with Crippen LogP contribution in [0.5, 0.6) is 0 Å². The van der Waals surface area contributed by atoms with Gasteiger partial charge in [-0.1, -0.05) is 18.2 Å². The molecule has 0 bridgehead atoms. The van der Waals surface area contributed by atoms with Crippen molar-refractivity contribution in [3.05, 3.63) is 51.7 Å². The van der Waals surface area contributed by atoms with Crippen LogP contribution in [0.25, 0.3) is 0 Å². The van der Waals surface area contributed by atoms with Crippen molar-refractivity contribution in [3.63, 3.8) is 0 Å². The Balaban J connectivity index is 0.00000127. The highest BCUT2D eigenvalue weighted by molar-refractivity contribution is 7.79. The summed E-state index contributed by atoms with van der Waals surface area (Å²) in [6.07, 6.45) is 2.41. The first-order valence-corrected chi connectivity index (χ1v) is 14.2. The summed E-state index contributed by atoms with van der Waals surface area (Å²) >= 11 is 12.7. The number of aromatic nitrogens is 2. The van der Waals surface area contributed by atoms with Gasteiger partial charge < -0.3 is 15.4 Å². The third-order valence-electron chi connectivity index (χ3n) is 6.85. The molecule has 2 unspecified atom stereocenters. The molecule has 39 heavy (non-hydrogen) atoms. The minimum Gasteiger partial charge on any atom is -0.378 e. The van der Waals surface area contributed by atoms with Crippen molar-refractivity contribution in [1.82, 2.24) is 20.2 Å². The summed E-state index contributed by atoms with van der Waals surface area (Å²) in [6.45, 7) is 5.32. The van der Waals surface area contributed by atoms with E-state index in [9.17, 15) is 18.0 Å². The Morgan fingerprint density at radius 1 is 1.28 bits per heavy atom. The van der Waals surface area contributed by atoms with Gasteiger partial charge in [-0.3, -0.25) is 14.8 Å². The van der Waals surface area contributed by atoms with Gasteiger partial charge in [0.2, 0.25) is 11.7 Å². The van der Waals surface area contributed by atoms with Crippen molar-refractivity contribution in [1.29, 1.82) is 0 Å². The second-order valence-electron chi connectivity index (χ2n) is 9.35.